The lowest BCUT2D eigenvalue weighted by atomic mass is 10.1. The predicted molar refractivity (Wildman–Crippen MR) is 116 cm³/mol. The first-order valence-corrected chi connectivity index (χ1v) is 10.2. The molecule has 0 spiro atoms. The van der Waals surface area contributed by atoms with Gasteiger partial charge in [-0.15, -0.1) is 0 Å². The zero-order chi connectivity index (χ0) is 22.4. The minimum Gasteiger partial charge on any atom is -0.353 e. The number of anilines is 1. The molecule has 7 nitrogen and oxygen atoms in total. The van der Waals surface area contributed by atoms with Crippen molar-refractivity contribution < 1.29 is 18.8 Å². The van der Waals surface area contributed by atoms with Gasteiger partial charge in [0.2, 0.25) is 11.8 Å². The standard InChI is InChI=1S/C23H27FN4O3/c1-27(2)20(17-5-3-6-18(24)13-17)14-25-21(29)15-26-23(31)16-8-10-19(11-9-16)28-12-4-7-22(28)30/h3,5-6,8-11,13,20H,4,7,12,14-15H2,1-2H3,(H,25,29)(H,26,31). The third kappa shape index (κ3) is 5.88. The van der Waals surface area contributed by atoms with Crippen LogP contribution in [0.4, 0.5) is 10.1 Å². The Morgan fingerprint density at radius 2 is 1.87 bits per heavy atom. The summed E-state index contributed by atoms with van der Waals surface area (Å²) in [7, 11) is 3.70. The van der Waals surface area contributed by atoms with E-state index < -0.39 is 0 Å². The first-order valence-electron chi connectivity index (χ1n) is 10.2. The number of carbonyl (C=O) groups excluding carboxylic acids is 3. The number of likely N-dealkylation sites (N-methyl/N-ethyl adjacent to an activating group) is 1. The van der Waals surface area contributed by atoms with Crippen molar-refractivity contribution in [1.29, 1.82) is 0 Å². The van der Waals surface area contributed by atoms with Crippen molar-refractivity contribution in [1.82, 2.24) is 15.5 Å². The van der Waals surface area contributed by atoms with Gasteiger partial charge in [-0.3, -0.25) is 14.4 Å². The van der Waals surface area contributed by atoms with E-state index in [4.69, 9.17) is 0 Å². The molecule has 2 aromatic carbocycles. The van der Waals surface area contributed by atoms with E-state index in [-0.39, 0.29) is 42.7 Å². The molecule has 1 heterocycles. The molecular weight excluding hydrogens is 399 g/mol. The molecule has 2 N–H and O–H groups in total. The summed E-state index contributed by atoms with van der Waals surface area (Å²) in [4.78, 5) is 39.9. The average molecular weight is 426 g/mol. The molecule has 164 valence electrons. The molecule has 0 saturated carbocycles. The largest absolute Gasteiger partial charge is 0.353 e. The van der Waals surface area contributed by atoms with E-state index in [1.54, 1.807) is 41.3 Å². The molecule has 0 aromatic heterocycles. The summed E-state index contributed by atoms with van der Waals surface area (Å²) in [5.74, 6) is -0.953. The van der Waals surface area contributed by atoms with Crippen LogP contribution in [0.3, 0.4) is 0 Å². The number of halogens is 1. The lowest BCUT2D eigenvalue weighted by molar-refractivity contribution is -0.120. The van der Waals surface area contributed by atoms with Gasteiger partial charge in [0.05, 0.1) is 12.6 Å². The third-order valence-electron chi connectivity index (χ3n) is 5.27. The highest BCUT2D eigenvalue weighted by molar-refractivity contribution is 5.98. The smallest absolute Gasteiger partial charge is 0.251 e. The van der Waals surface area contributed by atoms with Crippen molar-refractivity contribution in [2.45, 2.75) is 18.9 Å². The van der Waals surface area contributed by atoms with Crippen LogP contribution in [0.2, 0.25) is 0 Å². The number of hydrogen-bond acceptors (Lipinski definition) is 4. The fourth-order valence-corrected chi connectivity index (χ4v) is 3.56. The van der Waals surface area contributed by atoms with Crippen LogP contribution in [0.25, 0.3) is 0 Å². The number of amides is 3. The van der Waals surface area contributed by atoms with Crippen LogP contribution in [0.5, 0.6) is 0 Å². The number of benzene rings is 2. The molecule has 0 radical (unpaired) electrons. The van der Waals surface area contributed by atoms with E-state index in [9.17, 15) is 18.8 Å². The van der Waals surface area contributed by atoms with E-state index >= 15 is 0 Å². The number of nitrogens with one attached hydrogen (secondary N) is 2. The van der Waals surface area contributed by atoms with Gasteiger partial charge in [0.1, 0.15) is 5.82 Å². The van der Waals surface area contributed by atoms with Gasteiger partial charge in [0.25, 0.3) is 5.91 Å². The molecule has 1 aliphatic heterocycles. The van der Waals surface area contributed by atoms with Gasteiger partial charge < -0.3 is 20.4 Å². The van der Waals surface area contributed by atoms with E-state index in [2.05, 4.69) is 10.6 Å². The number of carbonyl (C=O) groups is 3. The van der Waals surface area contributed by atoms with Gasteiger partial charge in [0.15, 0.2) is 0 Å². The van der Waals surface area contributed by atoms with E-state index in [0.29, 0.717) is 18.5 Å². The van der Waals surface area contributed by atoms with Crippen LogP contribution in [-0.2, 0) is 9.59 Å². The Balaban J connectivity index is 1.49. The maximum atomic E-state index is 13.5. The number of rotatable bonds is 8. The molecule has 0 bridgehead atoms. The Morgan fingerprint density at radius 3 is 2.48 bits per heavy atom. The van der Waals surface area contributed by atoms with Crippen molar-refractivity contribution in [3.8, 4) is 0 Å². The Labute approximate surface area is 181 Å². The highest BCUT2D eigenvalue weighted by Crippen LogP contribution is 2.21. The lowest BCUT2D eigenvalue weighted by Crippen LogP contribution is -2.40. The Kier molecular flexibility index (Phi) is 7.36. The molecule has 31 heavy (non-hydrogen) atoms. The highest BCUT2D eigenvalue weighted by atomic mass is 19.1. The molecule has 1 saturated heterocycles. The molecule has 8 heteroatoms. The van der Waals surface area contributed by atoms with E-state index in [0.717, 1.165) is 17.7 Å². The summed E-state index contributed by atoms with van der Waals surface area (Å²) < 4.78 is 13.5. The van der Waals surface area contributed by atoms with Gasteiger partial charge in [-0.2, -0.15) is 0 Å². The summed E-state index contributed by atoms with van der Waals surface area (Å²) in [5.41, 5.74) is 1.93. The average Bonchev–Trinajstić information content (AvgIpc) is 3.18. The minimum absolute atomic E-state index is 0.0862. The molecule has 1 aliphatic rings. The minimum atomic E-state index is -0.372. The zero-order valence-electron chi connectivity index (χ0n) is 17.7. The zero-order valence-corrected chi connectivity index (χ0v) is 17.7. The Bertz CT molecular complexity index is 946. The number of hydrogen-bond donors (Lipinski definition) is 2. The second-order valence-electron chi connectivity index (χ2n) is 7.72. The molecule has 1 fully saturated rings. The summed E-state index contributed by atoms with van der Waals surface area (Å²) in [5, 5.41) is 5.37. The van der Waals surface area contributed by atoms with Crippen LogP contribution in [-0.4, -0.2) is 56.4 Å². The number of nitrogens with zero attached hydrogens (tertiary/aromatic N) is 2. The van der Waals surface area contributed by atoms with Crippen LogP contribution >= 0.6 is 0 Å². The van der Waals surface area contributed by atoms with Crippen LogP contribution in [0.15, 0.2) is 48.5 Å². The molecule has 2 aromatic rings. The van der Waals surface area contributed by atoms with Gasteiger partial charge in [-0.25, -0.2) is 4.39 Å². The van der Waals surface area contributed by atoms with Gasteiger partial charge in [-0.1, -0.05) is 12.1 Å². The predicted octanol–water partition coefficient (Wildman–Crippen LogP) is 2.10. The molecule has 3 rings (SSSR count). The lowest BCUT2D eigenvalue weighted by Gasteiger charge is -2.25. The Morgan fingerprint density at radius 1 is 1.13 bits per heavy atom. The first kappa shape index (κ1) is 22.4. The SMILES string of the molecule is CN(C)C(CNC(=O)CNC(=O)c1ccc(N2CCCC2=O)cc1)c1cccc(F)c1. The van der Waals surface area contributed by atoms with Gasteiger partial charge >= 0.3 is 0 Å². The molecule has 1 atom stereocenters. The van der Waals surface area contributed by atoms with Crippen molar-refractivity contribution in [3.63, 3.8) is 0 Å². The monoisotopic (exact) mass is 426 g/mol. The fourth-order valence-electron chi connectivity index (χ4n) is 3.56. The second-order valence-corrected chi connectivity index (χ2v) is 7.72. The highest BCUT2D eigenvalue weighted by Gasteiger charge is 2.22. The molecule has 1 unspecified atom stereocenters. The van der Waals surface area contributed by atoms with Gasteiger partial charge in [-0.05, 0) is 62.5 Å². The van der Waals surface area contributed by atoms with Crippen molar-refractivity contribution in [2.75, 3.05) is 38.6 Å². The normalized spacial score (nSPS) is 14.6. The van der Waals surface area contributed by atoms with Crippen LogP contribution in [0.1, 0.15) is 34.8 Å². The fraction of sp³-hybridized carbons (Fsp3) is 0.348. The molecular formula is C23H27FN4O3. The maximum absolute atomic E-state index is 13.5. The van der Waals surface area contributed by atoms with Gasteiger partial charge in [0, 0.05) is 30.8 Å². The van der Waals surface area contributed by atoms with Crippen molar-refractivity contribution >= 4 is 23.4 Å². The first-order chi connectivity index (χ1) is 14.8. The summed E-state index contributed by atoms with van der Waals surface area (Å²) in [6, 6.07) is 12.8. The van der Waals surface area contributed by atoms with Crippen LogP contribution < -0.4 is 15.5 Å². The second kappa shape index (κ2) is 10.2. The van der Waals surface area contributed by atoms with E-state index in [1.807, 2.05) is 19.0 Å². The summed E-state index contributed by atoms with van der Waals surface area (Å²) in [6.45, 7) is 0.798. The third-order valence-corrected chi connectivity index (χ3v) is 5.27. The topological polar surface area (TPSA) is 81.8 Å². The summed E-state index contributed by atoms with van der Waals surface area (Å²) in [6.07, 6.45) is 1.38. The van der Waals surface area contributed by atoms with Crippen LogP contribution in [0, 0.1) is 5.82 Å². The molecule has 3 amide bonds. The van der Waals surface area contributed by atoms with Crippen molar-refractivity contribution in [3.05, 3.63) is 65.5 Å². The summed E-state index contributed by atoms with van der Waals surface area (Å²) >= 11 is 0. The van der Waals surface area contributed by atoms with E-state index in [1.165, 1.54) is 12.1 Å². The Hall–Kier alpha value is -3.26. The quantitative estimate of drug-likeness (QED) is 0.677. The maximum Gasteiger partial charge on any atom is 0.251 e. The molecule has 0 aliphatic carbocycles. The van der Waals surface area contributed by atoms with Crippen molar-refractivity contribution in [2.24, 2.45) is 0 Å².